The number of hydrogen-bond donors (Lipinski definition) is 1. The summed E-state index contributed by atoms with van der Waals surface area (Å²) >= 11 is 0. The van der Waals surface area contributed by atoms with Crippen LogP contribution >= 0.6 is 0 Å². The van der Waals surface area contributed by atoms with E-state index in [9.17, 15) is 16.8 Å². The van der Waals surface area contributed by atoms with Crippen LogP contribution in [0.5, 0.6) is 0 Å². The number of nitrogens with one attached hydrogen (secondary N) is 1. The molecule has 0 saturated carbocycles. The van der Waals surface area contributed by atoms with E-state index in [2.05, 4.69) is 9.71 Å². The van der Waals surface area contributed by atoms with Crippen molar-refractivity contribution in [2.24, 2.45) is 0 Å². The third-order valence-corrected chi connectivity index (χ3v) is 6.60. The van der Waals surface area contributed by atoms with Crippen LogP contribution in [0.2, 0.25) is 0 Å². The Morgan fingerprint density at radius 3 is 2.12 bits per heavy atom. The van der Waals surface area contributed by atoms with Gasteiger partial charge in [0.15, 0.2) is 0 Å². The number of rotatable bonds is 9. The number of nitrogens with zero attached hydrogens (tertiary/aromatic N) is 2. The van der Waals surface area contributed by atoms with Crippen LogP contribution in [0, 0.1) is 0 Å². The summed E-state index contributed by atoms with van der Waals surface area (Å²) in [5.41, 5.74) is 1.83. The second-order valence-electron chi connectivity index (χ2n) is 5.85. The molecule has 0 bridgehead atoms. The van der Waals surface area contributed by atoms with Crippen molar-refractivity contribution in [3.63, 3.8) is 0 Å². The predicted octanol–water partition coefficient (Wildman–Crippen LogP) is 1.38. The molecule has 9 heteroatoms. The molecule has 1 aromatic carbocycles. The zero-order valence-electron chi connectivity index (χ0n) is 14.8. The van der Waals surface area contributed by atoms with Crippen LogP contribution in [0.1, 0.15) is 18.1 Å². The maximum atomic E-state index is 12.3. The van der Waals surface area contributed by atoms with Gasteiger partial charge in [-0.15, -0.1) is 0 Å². The highest BCUT2D eigenvalue weighted by atomic mass is 32.2. The molecule has 0 unspecified atom stereocenters. The molecular formula is C17H23N3O4S2. The Morgan fingerprint density at radius 2 is 1.58 bits per heavy atom. The van der Waals surface area contributed by atoms with Gasteiger partial charge in [0, 0.05) is 32.0 Å². The summed E-state index contributed by atoms with van der Waals surface area (Å²) in [6, 6.07) is 10.1. The van der Waals surface area contributed by atoms with E-state index in [-0.39, 0.29) is 24.5 Å². The van der Waals surface area contributed by atoms with Gasteiger partial charge in [-0.05, 0) is 41.8 Å². The zero-order valence-corrected chi connectivity index (χ0v) is 16.4. The van der Waals surface area contributed by atoms with Crippen molar-refractivity contribution in [3.8, 4) is 0 Å². The van der Waals surface area contributed by atoms with Crippen molar-refractivity contribution in [2.45, 2.75) is 24.8 Å². The molecule has 26 heavy (non-hydrogen) atoms. The van der Waals surface area contributed by atoms with Crippen molar-refractivity contribution < 1.29 is 16.8 Å². The van der Waals surface area contributed by atoms with E-state index in [1.165, 1.54) is 4.31 Å². The Hall–Kier alpha value is -1.81. The second kappa shape index (κ2) is 8.72. The van der Waals surface area contributed by atoms with Crippen LogP contribution < -0.4 is 4.72 Å². The molecular weight excluding hydrogens is 374 g/mol. The van der Waals surface area contributed by atoms with Gasteiger partial charge in [-0.25, -0.2) is 21.6 Å². The number of pyridine rings is 1. The van der Waals surface area contributed by atoms with E-state index in [4.69, 9.17) is 0 Å². The predicted molar refractivity (Wildman–Crippen MR) is 100 cm³/mol. The average molecular weight is 398 g/mol. The van der Waals surface area contributed by atoms with E-state index in [1.807, 2.05) is 6.92 Å². The van der Waals surface area contributed by atoms with Gasteiger partial charge in [0.05, 0.1) is 11.2 Å². The van der Waals surface area contributed by atoms with Crippen LogP contribution in [0.25, 0.3) is 0 Å². The lowest BCUT2D eigenvalue weighted by Crippen LogP contribution is -2.37. The lowest BCUT2D eigenvalue weighted by atomic mass is 10.2. The van der Waals surface area contributed by atoms with Gasteiger partial charge in [-0.1, -0.05) is 19.1 Å². The molecule has 1 aromatic heterocycles. The highest BCUT2D eigenvalue weighted by Gasteiger charge is 2.19. The summed E-state index contributed by atoms with van der Waals surface area (Å²) in [6.45, 7) is 2.17. The Morgan fingerprint density at radius 1 is 0.962 bits per heavy atom. The molecule has 0 atom stereocenters. The van der Waals surface area contributed by atoms with Crippen LogP contribution in [0.4, 0.5) is 0 Å². The van der Waals surface area contributed by atoms with Gasteiger partial charge in [-0.2, -0.15) is 4.31 Å². The van der Waals surface area contributed by atoms with Crippen LogP contribution in [0.3, 0.4) is 0 Å². The third kappa shape index (κ3) is 5.87. The first-order valence-electron chi connectivity index (χ1n) is 8.15. The minimum Gasteiger partial charge on any atom is -0.265 e. The Balaban J connectivity index is 2.01. The Kier molecular flexibility index (Phi) is 6.87. The fraction of sp³-hybridized carbons (Fsp3) is 0.353. The first kappa shape index (κ1) is 20.5. The fourth-order valence-electron chi connectivity index (χ4n) is 2.35. The van der Waals surface area contributed by atoms with Gasteiger partial charge in [0.1, 0.15) is 0 Å². The molecule has 0 fully saturated rings. The lowest BCUT2D eigenvalue weighted by molar-refractivity contribution is 0.412. The highest BCUT2D eigenvalue weighted by Crippen LogP contribution is 2.11. The second-order valence-corrected chi connectivity index (χ2v) is 9.60. The lowest BCUT2D eigenvalue weighted by Gasteiger charge is -2.20. The Bertz CT molecular complexity index is 912. The molecule has 0 radical (unpaired) electrons. The number of aryl methyl sites for hydroxylation is 1. The fourth-order valence-corrected chi connectivity index (χ4v) is 4.17. The number of sulfonamides is 2. The molecule has 7 nitrogen and oxygen atoms in total. The van der Waals surface area contributed by atoms with Gasteiger partial charge >= 0.3 is 0 Å². The molecule has 0 amide bonds. The molecule has 1 heterocycles. The summed E-state index contributed by atoms with van der Waals surface area (Å²) < 4.78 is 52.3. The zero-order chi connectivity index (χ0) is 19.2. The molecule has 0 saturated heterocycles. The summed E-state index contributed by atoms with van der Waals surface area (Å²) in [6.07, 6.45) is 5.09. The van der Waals surface area contributed by atoms with Gasteiger partial charge < -0.3 is 0 Å². The minimum absolute atomic E-state index is 0.0178. The molecule has 0 aliphatic carbocycles. The summed E-state index contributed by atoms with van der Waals surface area (Å²) in [5.74, 6) is 0. The minimum atomic E-state index is -3.68. The maximum absolute atomic E-state index is 12.3. The summed E-state index contributed by atoms with van der Waals surface area (Å²) in [4.78, 5) is 4.06. The number of benzene rings is 1. The van der Waals surface area contributed by atoms with E-state index in [0.717, 1.165) is 23.8 Å². The average Bonchev–Trinajstić information content (AvgIpc) is 2.61. The molecule has 0 aliphatic heterocycles. The smallest absolute Gasteiger partial charge is 0.240 e. The van der Waals surface area contributed by atoms with Crippen molar-refractivity contribution >= 4 is 20.0 Å². The molecule has 142 valence electrons. The molecule has 1 N–H and O–H groups in total. The van der Waals surface area contributed by atoms with E-state index in [0.29, 0.717) is 0 Å². The van der Waals surface area contributed by atoms with E-state index in [1.54, 1.807) is 48.8 Å². The van der Waals surface area contributed by atoms with Crippen LogP contribution in [-0.2, 0) is 33.0 Å². The SMILES string of the molecule is CCc1ccc(S(=O)(=O)NCCN(Cc2ccncc2)S(C)(=O)=O)cc1. The highest BCUT2D eigenvalue weighted by molar-refractivity contribution is 7.89. The normalized spacial score (nSPS) is 12.4. The first-order valence-corrected chi connectivity index (χ1v) is 11.5. The number of aromatic nitrogens is 1. The van der Waals surface area contributed by atoms with Crippen molar-refractivity contribution in [1.82, 2.24) is 14.0 Å². The molecule has 2 aromatic rings. The third-order valence-electron chi connectivity index (χ3n) is 3.87. The standard InChI is InChI=1S/C17H23N3O4S2/c1-3-15-4-6-17(7-5-15)26(23,24)19-12-13-20(25(2,21)22)14-16-8-10-18-11-9-16/h4-11,19H,3,12-14H2,1-2H3. The number of hydrogen-bond acceptors (Lipinski definition) is 5. The molecule has 0 spiro atoms. The van der Waals surface area contributed by atoms with Gasteiger partial charge in [0.25, 0.3) is 0 Å². The summed E-state index contributed by atoms with van der Waals surface area (Å²) in [7, 11) is -7.16. The van der Waals surface area contributed by atoms with E-state index >= 15 is 0 Å². The Labute approximate surface area is 155 Å². The van der Waals surface area contributed by atoms with Crippen LogP contribution in [0.15, 0.2) is 53.7 Å². The van der Waals surface area contributed by atoms with Crippen molar-refractivity contribution in [2.75, 3.05) is 19.3 Å². The summed E-state index contributed by atoms with van der Waals surface area (Å²) in [5, 5.41) is 0. The van der Waals surface area contributed by atoms with Crippen LogP contribution in [-0.4, -0.2) is 45.5 Å². The maximum Gasteiger partial charge on any atom is 0.240 e. The quantitative estimate of drug-likeness (QED) is 0.690. The first-order chi connectivity index (χ1) is 12.2. The molecule has 2 rings (SSSR count). The topological polar surface area (TPSA) is 96.4 Å². The largest absolute Gasteiger partial charge is 0.265 e. The monoisotopic (exact) mass is 397 g/mol. The van der Waals surface area contributed by atoms with Crippen molar-refractivity contribution in [3.05, 3.63) is 59.9 Å². The molecule has 0 aliphatic rings. The van der Waals surface area contributed by atoms with Crippen molar-refractivity contribution in [1.29, 1.82) is 0 Å². The van der Waals surface area contributed by atoms with E-state index < -0.39 is 20.0 Å². The van der Waals surface area contributed by atoms with Gasteiger partial charge in [-0.3, -0.25) is 4.98 Å². The van der Waals surface area contributed by atoms with Gasteiger partial charge in [0.2, 0.25) is 20.0 Å².